The fourth-order valence-electron chi connectivity index (χ4n) is 8.64. The van der Waals surface area contributed by atoms with Crippen LogP contribution in [0.5, 0.6) is 11.5 Å². The molecule has 1 atom stereocenters. The maximum absolute atomic E-state index is 5.37. The molecule has 21 heteroatoms. The number of hydrogen-bond acceptors (Lipinski definition) is 9. The van der Waals surface area contributed by atoms with E-state index in [1.165, 1.54) is 32.2 Å². The second kappa shape index (κ2) is 48.8. The Bertz CT molecular complexity index is 3430. The molecule has 7 aliphatic heterocycles. The van der Waals surface area contributed by atoms with Gasteiger partial charge in [-0.05, 0) is 95.8 Å². The van der Waals surface area contributed by atoms with Crippen molar-refractivity contribution in [1.29, 1.82) is 0 Å². The van der Waals surface area contributed by atoms with Crippen LogP contribution in [0.15, 0.2) is 180 Å². The Morgan fingerprint density at radius 1 is 0.371 bits per heavy atom. The van der Waals surface area contributed by atoms with Crippen LogP contribution in [0.3, 0.4) is 0 Å². The predicted octanol–water partition coefficient (Wildman–Crippen LogP) is 19.2. The number of hydrazine groups is 3. The molecule has 7 aliphatic rings. The van der Waals surface area contributed by atoms with E-state index in [1.807, 2.05) is 287 Å². The number of rotatable bonds is 0. The van der Waals surface area contributed by atoms with Gasteiger partial charge in [-0.25, -0.2) is 19.2 Å². The molecule has 0 fully saturated rings. The zero-order valence-corrected chi connectivity index (χ0v) is 66.0. The van der Waals surface area contributed by atoms with Crippen molar-refractivity contribution in [1.82, 2.24) is 5.01 Å². The van der Waals surface area contributed by atoms with Gasteiger partial charge in [0.25, 0.3) is 6.34 Å². The predicted molar refractivity (Wildman–Crippen MR) is 429 cm³/mol. The summed E-state index contributed by atoms with van der Waals surface area (Å²) in [4.78, 5) is 4.60. The van der Waals surface area contributed by atoms with E-state index in [1.54, 1.807) is 41.0 Å². The van der Waals surface area contributed by atoms with Crippen molar-refractivity contribution in [2.24, 2.45) is 0 Å². The largest absolute Gasteiger partial charge is 0.496 e. The molecule has 0 spiro atoms. The fourth-order valence-corrected chi connectivity index (χ4v) is 11.7. The molecule has 0 saturated carbocycles. The Labute approximate surface area is 595 Å². The monoisotopic (exact) mass is 1380 g/mol. The standard InChI is InChI=1S/C10H14N3.C9H11N3.C9H11N2O.C9H11N2P.C9H11N2S.C8H8N2O.C8H8N2S.7C2H6/c1-11-8-12(2)13(3)10-7-5-4-6-9(10)11;1-11-7-12(2)10-8-5-3-4-6-9(8)11;1-10-7-12-9-6-4-3-5-8(9)11(10)2;1-11-7-12(2)9-6-4-3-5-8(9)10-11;1-10-7-12-9-6-4-3-5-8(9)11(10)2;2*1-10-6-11-8-5-3-2-4-7(8)9-10;7*1-2/h4-8H,1-3H3;4*3-7H,1-2H3;2*2-6H,1H3;7*1-2H3/q+1;;+1;;+1;;;;;;;;;. The van der Waals surface area contributed by atoms with Gasteiger partial charge < -0.3 is 35.9 Å². The highest BCUT2D eigenvalue weighted by Gasteiger charge is 2.23. The van der Waals surface area contributed by atoms with Gasteiger partial charge >= 0.3 is 12.8 Å². The van der Waals surface area contributed by atoms with Crippen molar-refractivity contribution >= 4 is 130 Å². The van der Waals surface area contributed by atoms with Crippen LogP contribution >= 0.6 is 31.4 Å². The number of hydrazone groups is 2. The first-order chi connectivity index (χ1) is 47.0. The van der Waals surface area contributed by atoms with Gasteiger partial charge in [-0.15, -0.1) is 4.68 Å². The Morgan fingerprint density at radius 3 is 1.45 bits per heavy atom. The second-order valence-corrected chi connectivity index (χ2v) is 23.1. The maximum Gasteiger partial charge on any atom is 0.358 e. The van der Waals surface area contributed by atoms with Gasteiger partial charge in [-0.3, -0.25) is 9.37 Å². The van der Waals surface area contributed by atoms with Gasteiger partial charge in [-0.1, -0.05) is 234 Å². The molecule has 7 heterocycles. The van der Waals surface area contributed by atoms with Crippen molar-refractivity contribution in [3.05, 3.63) is 192 Å². The van der Waals surface area contributed by atoms with Gasteiger partial charge in [-0.2, -0.15) is 15.0 Å². The van der Waals surface area contributed by atoms with Crippen LogP contribution in [-0.2, 0) is 0 Å². The van der Waals surface area contributed by atoms with Crippen LogP contribution in [0.4, 0.5) is 51.2 Å². The van der Waals surface area contributed by atoms with Gasteiger partial charge in [0.05, 0.1) is 35.2 Å². The van der Waals surface area contributed by atoms with E-state index in [0.717, 1.165) is 45.6 Å². The number of nitrogens with zero attached hydrogens (tertiary/aromatic N) is 16. The van der Waals surface area contributed by atoms with Crippen LogP contribution in [0.2, 0.25) is 0 Å². The number of benzene rings is 7. The van der Waals surface area contributed by atoms with Crippen LogP contribution in [-0.4, -0.2) is 171 Å². The molecule has 0 bridgehead atoms. The lowest BCUT2D eigenvalue weighted by molar-refractivity contribution is -0.511. The average Bonchev–Trinajstić information content (AvgIpc) is 0.856. The normalized spacial score (nSPS) is 13.9. The van der Waals surface area contributed by atoms with Crippen LogP contribution in [0.1, 0.15) is 96.9 Å². The zero-order valence-electron chi connectivity index (χ0n) is 63.4. The molecule has 0 N–H and O–H groups in total. The van der Waals surface area contributed by atoms with Gasteiger partial charge in [0.1, 0.15) is 56.7 Å². The Balaban J connectivity index is 0.000000549. The molecule has 97 heavy (non-hydrogen) atoms. The summed E-state index contributed by atoms with van der Waals surface area (Å²) < 4.78 is 23.9. The minimum Gasteiger partial charge on any atom is -0.496 e. The number of ether oxygens (including phenoxy) is 2. The molecule has 0 aromatic heterocycles. The second-order valence-electron chi connectivity index (χ2n) is 19.4. The van der Waals surface area contributed by atoms with Crippen molar-refractivity contribution in [2.75, 3.05) is 111 Å². The highest BCUT2D eigenvalue weighted by molar-refractivity contribution is 8.12. The molecular weight excluding hydrogens is 1260 g/mol. The zero-order chi connectivity index (χ0) is 73.0. The SMILES string of the molecule is CC.CC.CC.CC.CC.CC.CC.CN1C=[N+](C)[N-]c2ccccc21.CN1C=[N+](C)c2ccccc2N1C.CN1c2ccccc2OC=[N+]1C.CN1c2ccccc2SC=[N+]1C.C[N+]1=COc2ccccc2[N-]1.C[N+]1=CP(C)c2ccccc2[N-]1.C[N+]1=CSc2ccccc2[N-]1. The van der Waals surface area contributed by atoms with Crippen LogP contribution < -0.4 is 34.7 Å². The molecule has 0 aliphatic carbocycles. The molecule has 7 aromatic rings. The van der Waals surface area contributed by atoms with Crippen LogP contribution in [0.25, 0.3) is 21.7 Å². The molecule has 1 unspecified atom stereocenters. The van der Waals surface area contributed by atoms with Gasteiger partial charge in [0.2, 0.25) is 11.9 Å². The summed E-state index contributed by atoms with van der Waals surface area (Å²) in [6.07, 6.45) is 7.26. The number of anilines is 4. The van der Waals surface area contributed by atoms with E-state index >= 15 is 0 Å². The number of thioether (sulfide) groups is 2. The smallest absolute Gasteiger partial charge is 0.358 e. The molecule has 0 saturated heterocycles. The van der Waals surface area contributed by atoms with Crippen molar-refractivity contribution in [3.63, 3.8) is 0 Å². The van der Waals surface area contributed by atoms with E-state index in [-0.39, 0.29) is 7.92 Å². The highest BCUT2D eigenvalue weighted by Crippen LogP contribution is 2.38. The first kappa shape index (κ1) is 86.2. The number of hydrogen-bond donors (Lipinski definition) is 0. The summed E-state index contributed by atoms with van der Waals surface area (Å²) >= 11 is 3.46. The van der Waals surface area contributed by atoms with Crippen molar-refractivity contribution < 1.29 is 42.2 Å². The first-order valence-corrected chi connectivity index (χ1v) is 37.2. The molecule has 0 amide bonds. The Morgan fingerprint density at radius 2 is 0.814 bits per heavy atom. The van der Waals surface area contributed by atoms with Crippen molar-refractivity contribution in [2.45, 2.75) is 107 Å². The third-order valence-electron chi connectivity index (χ3n) is 13.1. The van der Waals surface area contributed by atoms with Gasteiger partial charge in [0.15, 0.2) is 37.0 Å². The molecule has 526 valence electrons. The molecule has 0 radical (unpaired) electrons. The van der Waals surface area contributed by atoms with E-state index in [0.29, 0.717) is 0 Å². The minimum atomic E-state index is -0.140. The van der Waals surface area contributed by atoms with E-state index < -0.39 is 0 Å². The van der Waals surface area contributed by atoms with Crippen molar-refractivity contribution in [3.8, 4) is 11.5 Å². The quantitative estimate of drug-likeness (QED) is 0.108. The minimum absolute atomic E-state index is 0.140. The average molecular weight is 1380 g/mol. The fraction of sp³-hybridized carbons (Fsp3) is 0.355. The summed E-state index contributed by atoms with van der Waals surface area (Å²) in [5.74, 6) is 3.89. The lowest BCUT2D eigenvalue weighted by Crippen LogP contribution is -2.40. The summed E-state index contributed by atoms with van der Waals surface area (Å²) in [5, 5.41) is 9.72. The maximum atomic E-state index is 5.37. The Kier molecular flexibility index (Phi) is 43.3. The molecule has 7 aromatic carbocycles. The molecular formula is C76H116N16O2PS2+3. The topological polar surface area (TPSA) is 112 Å². The summed E-state index contributed by atoms with van der Waals surface area (Å²) in [6, 6.07) is 56.9. The molecule has 14 rings (SSSR count). The van der Waals surface area contributed by atoms with E-state index in [9.17, 15) is 0 Å². The third-order valence-corrected chi connectivity index (χ3v) is 17.0. The first-order valence-electron chi connectivity index (χ1n) is 33.6. The van der Waals surface area contributed by atoms with E-state index in [4.69, 9.17) is 9.47 Å². The summed E-state index contributed by atoms with van der Waals surface area (Å²) in [7, 11) is 23.7. The van der Waals surface area contributed by atoms with Crippen LogP contribution in [0, 0.1) is 0 Å². The Hall–Kier alpha value is -8.84. The third kappa shape index (κ3) is 27.3. The number of fused-ring (bicyclic) bond motifs is 7. The lowest BCUT2D eigenvalue weighted by Gasteiger charge is -2.29. The summed E-state index contributed by atoms with van der Waals surface area (Å²) in [6.45, 7) is 30.2. The molecule has 18 nitrogen and oxygen atoms in total. The summed E-state index contributed by atoms with van der Waals surface area (Å²) in [5.41, 5.74) is 31.4. The highest BCUT2D eigenvalue weighted by atomic mass is 32.2. The number of para-hydroxylation sites is 7. The van der Waals surface area contributed by atoms with Gasteiger partial charge in [0, 0.05) is 24.8 Å². The van der Waals surface area contributed by atoms with E-state index in [2.05, 4.69) is 175 Å². The lowest BCUT2D eigenvalue weighted by atomic mass is 10.2.